The molecule has 0 saturated carbocycles. The molecule has 18 heavy (non-hydrogen) atoms. The van der Waals surface area contributed by atoms with E-state index in [4.69, 9.17) is 9.84 Å². The highest BCUT2D eigenvalue weighted by Crippen LogP contribution is 2.12. The smallest absolute Gasteiger partial charge is 0.119 e. The molecule has 0 saturated heterocycles. The van der Waals surface area contributed by atoms with Crippen molar-refractivity contribution >= 4 is 0 Å². The number of hydrogen-bond donors (Lipinski definition) is 1. The van der Waals surface area contributed by atoms with Crippen LogP contribution >= 0.6 is 0 Å². The van der Waals surface area contributed by atoms with Gasteiger partial charge in [-0.25, -0.2) is 0 Å². The number of nitrogens with zero attached hydrogens (tertiary/aromatic N) is 3. The molecule has 0 radical (unpaired) electrons. The van der Waals surface area contributed by atoms with Crippen LogP contribution in [-0.2, 0) is 13.2 Å². The molecule has 0 spiro atoms. The summed E-state index contributed by atoms with van der Waals surface area (Å²) in [5.74, 6) is 0.893. The van der Waals surface area contributed by atoms with Gasteiger partial charge in [0, 0.05) is 13.0 Å². The van der Waals surface area contributed by atoms with E-state index in [1.54, 1.807) is 10.9 Å². The van der Waals surface area contributed by atoms with Crippen LogP contribution in [0.15, 0.2) is 30.5 Å². The lowest BCUT2D eigenvalue weighted by Gasteiger charge is -2.06. The third-order valence-electron chi connectivity index (χ3n) is 2.54. The van der Waals surface area contributed by atoms with Gasteiger partial charge in [0.1, 0.15) is 11.4 Å². The monoisotopic (exact) mass is 247 g/mol. The lowest BCUT2D eigenvalue weighted by Crippen LogP contribution is -2.05. The maximum Gasteiger partial charge on any atom is 0.119 e. The predicted octanol–water partition coefficient (Wildman–Crippen LogP) is 1.55. The SMILES string of the molecule is Cc1cccc(OCCCn2cc(CO)nn2)c1. The number of aromatic nitrogens is 3. The summed E-state index contributed by atoms with van der Waals surface area (Å²) in [6.07, 6.45) is 2.59. The summed E-state index contributed by atoms with van der Waals surface area (Å²) in [6, 6.07) is 7.99. The van der Waals surface area contributed by atoms with Gasteiger partial charge in [0.15, 0.2) is 0 Å². The standard InChI is InChI=1S/C13H17N3O2/c1-11-4-2-5-13(8-11)18-7-3-6-16-9-12(10-17)14-15-16/h2,4-5,8-9,17H,3,6-7,10H2,1H3. The molecule has 5 nitrogen and oxygen atoms in total. The van der Waals surface area contributed by atoms with Crippen molar-refractivity contribution in [2.75, 3.05) is 6.61 Å². The second-order valence-corrected chi connectivity index (χ2v) is 4.15. The normalized spacial score (nSPS) is 10.6. The van der Waals surface area contributed by atoms with Gasteiger partial charge in [-0.1, -0.05) is 17.3 Å². The lowest BCUT2D eigenvalue weighted by atomic mass is 10.2. The summed E-state index contributed by atoms with van der Waals surface area (Å²) < 4.78 is 7.34. The number of aryl methyl sites for hydroxylation is 2. The first-order valence-corrected chi connectivity index (χ1v) is 5.97. The largest absolute Gasteiger partial charge is 0.494 e. The van der Waals surface area contributed by atoms with Gasteiger partial charge in [0.2, 0.25) is 0 Å². The molecule has 96 valence electrons. The Labute approximate surface area is 106 Å². The van der Waals surface area contributed by atoms with Crippen LogP contribution in [-0.4, -0.2) is 26.7 Å². The average Bonchev–Trinajstić information content (AvgIpc) is 2.83. The number of hydrogen-bond acceptors (Lipinski definition) is 4. The van der Waals surface area contributed by atoms with Crippen molar-refractivity contribution in [2.45, 2.75) is 26.5 Å². The first kappa shape index (κ1) is 12.6. The number of benzene rings is 1. The zero-order chi connectivity index (χ0) is 12.8. The van der Waals surface area contributed by atoms with Gasteiger partial charge < -0.3 is 9.84 Å². The van der Waals surface area contributed by atoms with Crippen molar-refractivity contribution in [3.05, 3.63) is 41.7 Å². The van der Waals surface area contributed by atoms with Gasteiger partial charge in [-0.05, 0) is 24.6 Å². The maximum absolute atomic E-state index is 8.86. The van der Waals surface area contributed by atoms with E-state index in [0.29, 0.717) is 12.3 Å². The van der Waals surface area contributed by atoms with E-state index in [1.807, 2.05) is 31.2 Å². The van der Waals surface area contributed by atoms with E-state index in [0.717, 1.165) is 18.7 Å². The van der Waals surface area contributed by atoms with Crippen LogP contribution in [0.4, 0.5) is 0 Å². The fourth-order valence-electron chi connectivity index (χ4n) is 1.64. The van der Waals surface area contributed by atoms with E-state index >= 15 is 0 Å². The van der Waals surface area contributed by atoms with Gasteiger partial charge in [-0.2, -0.15) is 0 Å². The van der Waals surface area contributed by atoms with Crippen molar-refractivity contribution in [3.63, 3.8) is 0 Å². The first-order valence-electron chi connectivity index (χ1n) is 5.97. The molecule has 0 fully saturated rings. The third kappa shape index (κ3) is 3.56. The molecule has 2 rings (SSSR count). The Balaban J connectivity index is 1.72. The molecule has 0 aliphatic carbocycles. The molecular weight excluding hydrogens is 230 g/mol. The third-order valence-corrected chi connectivity index (χ3v) is 2.54. The van der Waals surface area contributed by atoms with Gasteiger partial charge in [0.25, 0.3) is 0 Å². The number of rotatable bonds is 6. The molecule has 1 N–H and O–H groups in total. The Morgan fingerprint density at radius 1 is 1.39 bits per heavy atom. The minimum absolute atomic E-state index is 0.0697. The molecule has 1 heterocycles. The van der Waals surface area contributed by atoms with E-state index < -0.39 is 0 Å². The highest BCUT2D eigenvalue weighted by Gasteiger charge is 1.99. The average molecular weight is 247 g/mol. The van der Waals surface area contributed by atoms with Gasteiger partial charge >= 0.3 is 0 Å². The number of aliphatic hydroxyl groups is 1. The van der Waals surface area contributed by atoms with Gasteiger partial charge in [-0.15, -0.1) is 5.10 Å². The lowest BCUT2D eigenvalue weighted by molar-refractivity contribution is 0.276. The van der Waals surface area contributed by atoms with E-state index in [-0.39, 0.29) is 6.61 Å². The number of aliphatic hydroxyl groups excluding tert-OH is 1. The molecule has 2 aromatic rings. The maximum atomic E-state index is 8.86. The minimum Gasteiger partial charge on any atom is -0.494 e. The van der Waals surface area contributed by atoms with Crippen molar-refractivity contribution in [3.8, 4) is 5.75 Å². The van der Waals surface area contributed by atoms with Crippen molar-refractivity contribution in [1.29, 1.82) is 0 Å². The fraction of sp³-hybridized carbons (Fsp3) is 0.385. The summed E-state index contributed by atoms with van der Waals surface area (Å²) in [4.78, 5) is 0. The van der Waals surface area contributed by atoms with Crippen LogP contribution in [0.3, 0.4) is 0 Å². The molecule has 0 bridgehead atoms. The number of ether oxygens (including phenoxy) is 1. The van der Waals surface area contributed by atoms with Gasteiger partial charge in [0.05, 0.1) is 19.4 Å². The Kier molecular flexibility index (Phi) is 4.30. The zero-order valence-corrected chi connectivity index (χ0v) is 10.4. The van der Waals surface area contributed by atoms with Crippen molar-refractivity contribution in [2.24, 2.45) is 0 Å². The topological polar surface area (TPSA) is 60.2 Å². The Hall–Kier alpha value is -1.88. The van der Waals surface area contributed by atoms with Crippen LogP contribution in [0, 0.1) is 6.92 Å². The second-order valence-electron chi connectivity index (χ2n) is 4.15. The molecule has 0 amide bonds. The molecule has 0 atom stereocenters. The van der Waals surface area contributed by atoms with Crippen LogP contribution < -0.4 is 4.74 Å². The molecular formula is C13H17N3O2. The van der Waals surface area contributed by atoms with Crippen LogP contribution in [0.25, 0.3) is 0 Å². The Bertz CT molecular complexity index is 496. The molecule has 5 heteroatoms. The minimum atomic E-state index is -0.0697. The molecule has 0 aliphatic heterocycles. The predicted molar refractivity (Wildman–Crippen MR) is 67.2 cm³/mol. The van der Waals surface area contributed by atoms with Crippen molar-refractivity contribution < 1.29 is 9.84 Å². The van der Waals surface area contributed by atoms with Crippen molar-refractivity contribution in [1.82, 2.24) is 15.0 Å². The zero-order valence-electron chi connectivity index (χ0n) is 10.4. The van der Waals surface area contributed by atoms with Gasteiger partial charge in [-0.3, -0.25) is 4.68 Å². The van der Waals surface area contributed by atoms with E-state index in [9.17, 15) is 0 Å². The molecule has 0 unspecified atom stereocenters. The summed E-state index contributed by atoms with van der Waals surface area (Å²) in [5.41, 5.74) is 1.78. The summed E-state index contributed by atoms with van der Waals surface area (Å²) in [7, 11) is 0. The first-order chi connectivity index (χ1) is 8.78. The summed E-state index contributed by atoms with van der Waals surface area (Å²) in [6.45, 7) is 3.34. The van der Waals surface area contributed by atoms with Crippen LogP contribution in [0.5, 0.6) is 5.75 Å². The Morgan fingerprint density at radius 3 is 3.00 bits per heavy atom. The van der Waals surface area contributed by atoms with E-state index in [1.165, 1.54) is 5.56 Å². The highest BCUT2D eigenvalue weighted by atomic mass is 16.5. The fourth-order valence-corrected chi connectivity index (χ4v) is 1.64. The second kappa shape index (κ2) is 6.16. The summed E-state index contributed by atoms with van der Waals surface area (Å²) >= 11 is 0. The molecule has 1 aromatic carbocycles. The Morgan fingerprint density at radius 2 is 2.28 bits per heavy atom. The van der Waals surface area contributed by atoms with Crippen LogP contribution in [0.2, 0.25) is 0 Å². The van der Waals surface area contributed by atoms with E-state index in [2.05, 4.69) is 10.3 Å². The molecule has 1 aromatic heterocycles. The highest BCUT2D eigenvalue weighted by molar-refractivity contribution is 5.27. The van der Waals surface area contributed by atoms with Crippen LogP contribution in [0.1, 0.15) is 17.7 Å². The quantitative estimate of drug-likeness (QED) is 0.787. The summed E-state index contributed by atoms with van der Waals surface area (Å²) in [5, 5.41) is 16.6. The molecule has 0 aliphatic rings.